The average molecular weight is 406 g/mol. The topological polar surface area (TPSA) is 78.3 Å². The van der Waals surface area contributed by atoms with E-state index in [1.54, 1.807) is 31.0 Å². The summed E-state index contributed by atoms with van der Waals surface area (Å²) in [5, 5.41) is 11.4. The maximum atomic E-state index is 13.3. The molecule has 1 aromatic heterocycles. The Hall–Kier alpha value is -3.94. The van der Waals surface area contributed by atoms with Crippen molar-refractivity contribution in [3.63, 3.8) is 0 Å². The third-order valence-corrected chi connectivity index (χ3v) is 4.72. The quantitative estimate of drug-likeness (QED) is 0.530. The average Bonchev–Trinajstić information content (AvgIpc) is 3.21. The number of benzene rings is 3. The minimum absolute atomic E-state index is 0.325. The molecule has 0 aliphatic carbocycles. The number of methoxy groups -OCH3 is 2. The number of ether oxygens (including phenoxy) is 2. The Kier molecular flexibility index (Phi) is 5.30. The Bertz CT molecular complexity index is 1190. The molecule has 0 spiro atoms. The van der Waals surface area contributed by atoms with Crippen molar-refractivity contribution >= 4 is 16.9 Å². The first kappa shape index (κ1) is 19.4. The number of nitrogens with zero attached hydrogens (tertiary/aromatic N) is 3. The number of carbonyl (C=O) groups is 1. The molecular weight excluding hydrogens is 387 g/mol. The summed E-state index contributed by atoms with van der Waals surface area (Å²) >= 11 is 0. The molecule has 0 fully saturated rings. The van der Waals surface area contributed by atoms with Crippen molar-refractivity contribution in [2.45, 2.75) is 6.17 Å². The molecule has 1 atom stereocenters. The summed E-state index contributed by atoms with van der Waals surface area (Å²) in [6.45, 7) is 0. The van der Waals surface area contributed by atoms with E-state index in [4.69, 9.17) is 9.47 Å². The van der Waals surface area contributed by atoms with Crippen LogP contribution in [0.3, 0.4) is 0 Å². The fraction of sp³-hybridized carbons (Fsp3) is 0.136. The summed E-state index contributed by atoms with van der Waals surface area (Å²) in [6.07, 6.45) is -0.685. The summed E-state index contributed by atoms with van der Waals surface area (Å²) < 4.78 is 25.6. The first-order valence-corrected chi connectivity index (χ1v) is 9.19. The zero-order valence-electron chi connectivity index (χ0n) is 16.4. The number of hydrogen-bond acceptors (Lipinski definition) is 5. The molecule has 0 saturated carbocycles. The van der Waals surface area contributed by atoms with Crippen molar-refractivity contribution in [1.82, 2.24) is 20.3 Å². The summed E-state index contributed by atoms with van der Waals surface area (Å²) in [5.74, 6) is 0.286. The van der Waals surface area contributed by atoms with Gasteiger partial charge in [-0.2, -0.15) is 0 Å². The van der Waals surface area contributed by atoms with Crippen molar-refractivity contribution in [3.8, 4) is 11.5 Å². The Balaban J connectivity index is 1.79. The monoisotopic (exact) mass is 406 g/mol. The number of nitrogens with one attached hydrogen (secondary N) is 1. The molecule has 8 heteroatoms. The predicted molar refractivity (Wildman–Crippen MR) is 109 cm³/mol. The van der Waals surface area contributed by atoms with E-state index in [-0.39, 0.29) is 5.91 Å². The van der Waals surface area contributed by atoms with Gasteiger partial charge >= 0.3 is 0 Å². The van der Waals surface area contributed by atoms with Crippen LogP contribution in [0.25, 0.3) is 11.0 Å². The first-order chi connectivity index (χ1) is 14.6. The van der Waals surface area contributed by atoms with Gasteiger partial charge in [0.1, 0.15) is 11.3 Å². The van der Waals surface area contributed by atoms with Crippen LogP contribution in [0.15, 0.2) is 66.7 Å². The molecule has 1 heterocycles. The Morgan fingerprint density at radius 1 is 1.00 bits per heavy atom. The summed E-state index contributed by atoms with van der Waals surface area (Å²) in [7, 11) is 3.09. The van der Waals surface area contributed by atoms with E-state index in [2.05, 4.69) is 15.6 Å². The molecule has 1 unspecified atom stereocenters. The van der Waals surface area contributed by atoms with E-state index >= 15 is 0 Å². The predicted octanol–water partition coefficient (Wildman–Crippen LogP) is 3.56. The lowest BCUT2D eigenvalue weighted by Gasteiger charge is -2.21. The number of carbonyl (C=O) groups excluding carboxylic acids is 1. The lowest BCUT2D eigenvalue weighted by Crippen LogP contribution is -2.34. The maximum absolute atomic E-state index is 13.3. The second kappa shape index (κ2) is 8.20. The molecule has 152 valence electrons. The van der Waals surface area contributed by atoms with Crippen LogP contribution in [0, 0.1) is 5.82 Å². The smallest absolute Gasteiger partial charge is 0.253 e. The van der Waals surface area contributed by atoms with Crippen LogP contribution in [0.4, 0.5) is 4.39 Å². The molecule has 1 N–H and O–H groups in total. The molecule has 0 radical (unpaired) electrons. The fourth-order valence-electron chi connectivity index (χ4n) is 3.20. The highest BCUT2D eigenvalue weighted by molar-refractivity contribution is 5.94. The number of rotatable bonds is 6. The molecule has 0 bridgehead atoms. The largest absolute Gasteiger partial charge is 0.493 e. The molecule has 4 aromatic rings. The summed E-state index contributed by atoms with van der Waals surface area (Å²) in [5.41, 5.74) is 2.47. The molecule has 3 aromatic carbocycles. The van der Waals surface area contributed by atoms with Gasteiger partial charge in [0.25, 0.3) is 5.91 Å². The minimum Gasteiger partial charge on any atom is -0.493 e. The van der Waals surface area contributed by atoms with Crippen LogP contribution in [0.5, 0.6) is 11.5 Å². The van der Waals surface area contributed by atoms with E-state index in [9.17, 15) is 9.18 Å². The van der Waals surface area contributed by atoms with Crippen LogP contribution in [-0.4, -0.2) is 35.1 Å². The number of halogens is 1. The SMILES string of the molecule is COc1ccc(C(NC(=O)c2ccc(F)cc2)n2nnc3ccccc32)cc1OC. The van der Waals surface area contributed by atoms with E-state index in [0.29, 0.717) is 28.1 Å². The van der Waals surface area contributed by atoms with Gasteiger partial charge in [-0.1, -0.05) is 23.4 Å². The zero-order valence-corrected chi connectivity index (χ0v) is 16.4. The minimum atomic E-state index is -0.685. The van der Waals surface area contributed by atoms with E-state index in [0.717, 1.165) is 5.52 Å². The van der Waals surface area contributed by atoms with Gasteiger partial charge in [-0.05, 0) is 48.5 Å². The molecule has 4 rings (SSSR count). The Morgan fingerprint density at radius 2 is 1.73 bits per heavy atom. The van der Waals surface area contributed by atoms with Crippen molar-refractivity contribution in [2.75, 3.05) is 14.2 Å². The zero-order chi connectivity index (χ0) is 21.1. The van der Waals surface area contributed by atoms with Crippen LogP contribution < -0.4 is 14.8 Å². The summed E-state index contributed by atoms with van der Waals surface area (Å²) in [6, 6.07) is 18.1. The van der Waals surface area contributed by atoms with Crippen molar-refractivity contribution in [3.05, 3.63) is 83.7 Å². The molecule has 7 nitrogen and oxygen atoms in total. The second-order valence-corrected chi connectivity index (χ2v) is 6.52. The number of para-hydroxylation sites is 1. The van der Waals surface area contributed by atoms with Crippen molar-refractivity contribution in [2.24, 2.45) is 0 Å². The number of fused-ring (bicyclic) bond motifs is 1. The number of hydrogen-bond donors (Lipinski definition) is 1. The maximum Gasteiger partial charge on any atom is 0.253 e. The number of amides is 1. The molecular formula is C22H19FN4O3. The van der Waals surface area contributed by atoms with Crippen LogP contribution in [-0.2, 0) is 0 Å². The third-order valence-electron chi connectivity index (χ3n) is 4.72. The van der Waals surface area contributed by atoms with Gasteiger partial charge in [-0.25, -0.2) is 9.07 Å². The molecule has 0 aliphatic heterocycles. The van der Waals surface area contributed by atoms with Gasteiger partial charge in [0.05, 0.1) is 19.7 Å². The van der Waals surface area contributed by atoms with Crippen molar-refractivity contribution in [1.29, 1.82) is 0 Å². The van der Waals surface area contributed by atoms with Crippen molar-refractivity contribution < 1.29 is 18.7 Å². The van der Waals surface area contributed by atoms with Gasteiger partial charge in [-0.3, -0.25) is 4.79 Å². The van der Waals surface area contributed by atoms with Crippen LogP contribution in [0.2, 0.25) is 0 Å². The Morgan fingerprint density at radius 3 is 2.47 bits per heavy atom. The highest BCUT2D eigenvalue weighted by Crippen LogP contribution is 2.31. The van der Waals surface area contributed by atoms with E-state index in [1.165, 1.54) is 24.3 Å². The van der Waals surface area contributed by atoms with Gasteiger partial charge in [0, 0.05) is 11.1 Å². The lowest BCUT2D eigenvalue weighted by molar-refractivity contribution is 0.0927. The first-order valence-electron chi connectivity index (χ1n) is 9.19. The van der Waals surface area contributed by atoms with Crippen LogP contribution in [0.1, 0.15) is 22.1 Å². The van der Waals surface area contributed by atoms with Gasteiger partial charge in [-0.15, -0.1) is 5.10 Å². The summed E-state index contributed by atoms with van der Waals surface area (Å²) in [4.78, 5) is 12.9. The standard InChI is InChI=1S/C22H19FN4O3/c1-29-19-12-9-15(13-20(19)30-2)21(24-22(28)14-7-10-16(23)11-8-14)27-18-6-4-3-5-17(18)25-26-27/h3-13,21H,1-2H3,(H,24,28). The van der Waals surface area contributed by atoms with Crippen LogP contribution >= 0.6 is 0 Å². The van der Waals surface area contributed by atoms with Gasteiger partial charge < -0.3 is 14.8 Å². The molecule has 1 amide bonds. The third kappa shape index (κ3) is 3.67. The highest BCUT2D eigenvalue weighted by Gasteiger charge is 2.22. The Labute approximate surface area is 172 Å². The van der Waals surface area contributed by atoms with Gasteiger partial charge in [0.15, 0.2) is 17.7 Å². The molecule has 30 heavy (non-hydrogen) atoms. The molecule has 0 saturated heterocycles. The normalized spacial score (nSPS) is 11.8. The lowest BCUT2D eigenvalue weighted by atomic mass is 10.1. The fourth-order valence-corrected chi connectivity index (χ4v) is 3.20. The van der Waals surface area contributed by atoms with E-state index < -0.39 is 12.0 Å². The second-order valence-electron chi connectivity index (χ2n) is 6.52. The van der Waals surface area contributed by atoms with Gasteiger partial charge in [0.2, 0.25) is 0 Å². The van der Waals surface area contributed by atoms with E-state index in [1.807, 2.05) is 30.3 Å². The molecule has 0 aliphatic rings. The highest BCUT2D eigenvalue weighted by atomic mass is 19.1. The number of aromatic nitrogens is 3.